The smallest absolute Gasteiger partial charge is 0.252 e. The van der Waals surface area contributed by atoms with Gasteiger partial charge in [-0.3, -0.25) is 9.78 Å². The molecule has 3 aromatic heterocycles. The van der Waals surface area contributed by atoms with E-state index in [4.69, 9.17) is 0 Å². The number of hydrogen-bond donors (Lipinski definition) is 1. The Morgan fingerprint density at radius 1 is 0.971 bits per heavy atom. The Labute approximate surface area is 202 Å². The first kappa shape index (κ1) is 22.6. The predicted molar refractivity (Wildman–Crippen MR) is 133 cm³/mol. The largest absolute Gasteiger partial charge is 0.347 e. The molecule has 0 bridgehead atoms. The number of nitrogens with one attached hydrogen (secondary N) is 1. The number of thiophene rings is 1. The van der Waals surface area contributed by atoms with E-state index in [0.29, 0.717) is 39.8 Å². The van der Waals surface area contributed by atoms with Crippen LogP contribution in [0.3, 0.4) is 0 Å². The molecule has 4 heterocycles. The van der Waals surface area contributed by atoms with Crippen molar-refractivity contribution < 1.29 is 13.2 Å². The Kier molecular flexibility index (Phi) is 6.40. The van der Waals surface area contributed by atoms with Crippen molar-refractivity contribution in [2.24, 2.45) is 0 Å². The first-order valence-electron chi connectivity index (χ1n) is 11.2. The van der Waals surface area contributed by atoms with E-state index in [0.717, 1.165) is 29.5 Å². The van der Waals surface area contributed by atoms with Crippen molar-refractivity contribution >= 4 is 38.2 Å². The summed E-state index contributed by atoms with van der Waals surface area (Å²) in [6.07, 6.45) is 4.56. The third-order valence-corrected chi connectivity index (χ3v) is 9.31. The highest BCUT2D eigenvalue weighted by Crippen LogP contribution is 2.28. The molecule has 1 aliphatic rings. The Morgan fingerprint density at radius 3 is 2.56 bits per heavy atom. The van der Waals surface area contributed by atoms with Gasteiger partial charge in [-0.1, -0.05) is 30.7 Å². The van der Waals surface area contributed by atoms with Gasteiger partial charge in [0.15, 0.2) is 0 Å². The highest BCUT2D eigenvalue weighted by molar-refractivity contribution is 7.91. The van der Waals surface area contributed by atoms with Gasteiger partial charge < -0.3 is 5.32 Å². The number of para-hydroxylation sites is 1. The van der Waals surface area contributed by atoms with Gasteiger partial charge >= 0.3 is 0 Å². The Hall–Kier alpha value is -3.14. The van der Waals surface area contributed by atoms with E-state index in [1.165, 1.54) is 11.3 Å². The maximum atomic E-state index is 13.2. The fourth-order valence-electron chi connectivity index (χ4n) is 4.10. The van der Waals surface area contributed by atoms with Gasteiger partial charge in [-0.25, -0.2) is 13.4 Å². The van der Waals surface area contributed by atoms with Crippen molar-refractivity contribution in [1.82, 2.24) is 19.6 Å². The summed E-state index contributed by atoms with van der Waals surface area (Å²) in [6.45, 7) is 1.38. The van der Waals surface area contributed by atoms with Crippen LogP contribution in [-0.4, -0.2) is 41.7 Å². The molecule has 7 nitrogen and oxygen atoms in total. The molecule has 34 heavy (non-hydrogen) atoms. The number of benzene rings is 1. The number of pyridine rings is 2. The minimum absolute atomic E-state index is 0.245. The average molecular weight is 493 g/mol. The summed E-state index contributed by atoms with van der Waals surface area (Å²) in [5.74, 6) is -0.246. The standard InChI is InChI=1S/C25H24N4O3S2/c30-25(27-17-18-11-12-24(33-18)34(31,32)29-14-6-1-7-15-29)20-16-23(22-10-4-5-13-26-22)28-21-9-3-2-8-19(20)21/h2-5,8-13,16H,1,6-7,14-15,17H2,(H,27,30). The minimum Gasteiger partial charge on any atom is -0.347 e. The van der Waals surface area contributed by atoms with E-state index in [1.54, 1.807) is 28.7 Å². The predicted octanol–water partition coefficient (Wildman–Crippen LogP) is 4.46. The van der Waals surface area contributed by atoms with E-state index in [-0.39, 0.29) is 12.5 Å². The molecule has 9 heteroatoms. The Balaban J connectivity index is 1.37. The molecule has 1 aliphatic heterocycles. The molecule has 0 aliphatic carbocycles. The van der Waals surface area contributed by atoms with Crippen LogP contribution in [-0.2, 0) is 16.6 Å². The first-order chi connectivity index (χ1) is 16.5. The van der Waals surface area contributed by atoms with Crippen LogP contribution in [0, 0.1) is 0 Å². The molecule has 0 unspecified atom stereocenters. The molecule has 1 aromatic carbocycles. The summed E-state index contributed by atoms with van der Waals surface area (Å²) in [5.41, 5.74) is 2.52. The third-order valence-electron chi connectivity index (χ3n) is 5.86. The van der Waals surface area contributed by atoms with Crippen molar-refractivity contribution in [3.63, 3.8) is 0 Å². The van der Waals surface area contributed by atoms with Gasteiger partial charge in [-0.15, -0.1) is 11.3 Å². The van der Waals surface area contributed by atoms with Crippen LogP contribution in [0.15, 0.2) is 71.1 Å². The fraction of sp³-hybridized carbons (Fsp3) is 0.240. The number of carbonyl (C=O) groups is 1. The molecule has 0 atom stereocenters. The van der Waals surface area contributed by atoms with Crippen molar-refractivity contribution in [2.75, 3.05) is 13.1 Å². The van der Waals surface area contributed by atoms with Gasteiger partial charge in [-0.05, 0) is 49.2 Å². The molecule has 1 N–H and O–H groups in total. The highest BCUT2D eigenvalue weighted by Gasteiger charge is 2.27. The van der Waals surface area contributed by atoms with Gasteiger partial charge in [-0.2, -0.15) is 4.31 Å². The van der Waals surface area contributed by atoms with Crippen LogP contribution in [0.2, 0.25) is 0 Å². The third kappa shape index (κ3) is 4.59. The lowest BCUT2D eigenvalue weighted by Crippen LogP contribution is -2.35. The normalized spacial score (nSPS) is 14.8. The monoisotopic (exact) mass is 492 g/mol. The molecule has 1 amide bonds. The summed E-state index contributed by atoms with van der Waals surface area (Å²) in [6, 6.07) is 18.2. The summed E-state index contributed by atoms with van der Waals surface area (Å²) in [5, 5.41) is 3.69. The number of fused-ring (bicyclic) bond motifs is 1. The van der Waals surface area contributed by atoms with Crippen LogP contribution < -0.4 is 5.32 Å². The number of rotatable bonds is 6. The second kappa shape index (κ2) is 9.61. The van der Waals surface area contributed by atoms with E-state index < -0.39 is 10.0 Å². The molecule has 5 rings (SSSR count). The number of sulfonamides is 1. The molecule has 1 fully saturated rings. The van der Waals surface area contributed by atoms with Crippen LogP contribution >= 0.6 is 11.3 Å². The van der Waals surface area contributed by atoms with Crippen molar-refractivity contribution in [2.45, 2.75) is 30.0 Å². The summed E-state index contributed by atoms with van der Waals surface area (Å²) >= 11 is 1.21. The van der Waals surface area contributed by atoms with E-state index >= 15 is 0 Å². The zero-order valence-electron chi connectivity index (χ0n) is 18.5. The molecule has 4 aromatic rings. The zero-order chi connectivity index (χ0) is 23.5. The van der Waals surface area contributed by atoms with E-state index in [1.807, 2.05) is 42.5 Å². The van der Waals surface area contributed by atoms with Crippen LogP contribution in [0.1, 0.15) is 34.5 Å². The minimum atomic E-state index is -3.47. The molecule has 0 spiro atoms. The first-order valence-corrected chi connectivity index (χ1v) is 13.5. The summed E-state index contributed by atoms with van der Waals surface area (Å²) in [4.78, 5) is 23.0. The fourth-order valence-corrected chi connectivity index (χ4v) is 7.06. The van der Waals surface area contributed by atoms with Gasteiger partial charge in [0.05, 0.1) is 29.0 Å². The van der Waals surface area contributed by atoms with Crippen molar-refractivity contribution in [3.8, 4) is 11.4 Å². The molecule has 0 saturated carbocycles. The SMILES string of the molecule is O=C(NCc1ccc(S(=O)(=O)N2CCCCC2)s1)c1cc(-c2ccccn2)nc2ccccc12. The molecule has 174 valence electrons. The highest BCUT2D eigenvalue weighted by atomic mass is 32.2. The summed E-state index contributed by atoms with van der Waals surface area (Å²) in [7, 11) is -3.47. The average Bonchev–Trinajstić information content (AvgIpc) is 3.38. The summed E-state index contributed by atoms with van der Waals surface area (Å²) < 4.78 is 27.7. The Morgan fingerprint density at radius 2 is 1.76 bits per heavy atom. The van der Waals surface area contributed by atoms with Crippen LogP contribution in [0.25, 0.3) is 22.3 Å². The number of amides is 1. The molecular weight excluding hydrogens is 468 g/mol. The lowest BCUT2D eigenvalue weighted by atomic mass is 10.1. The number of piperidine rings is 1. The van der Waals surface area contributed by atoms with Gasteiger partial charge in [0.1, 0.15) is 4.21 Å². The van der Waals surface area contributed by atoms with E-state index in [9.17, 15) is 13.2 Å². The van der Waals surface area contributed by atoms with Gasteiger partial charge in [0.25, 0.3) is 15.9 Å². The lowest BCUT2D eigenvalue weighted by Gasteiger charge is -2.25. The lowest BCUT2D eigenvalue weighted by molar-refractivity contribution is 0.0953. The maximum Gasteiger partial charge on any atom is 0.252 e. The zero-order valence-corrected chi connectivity index (χ0v) is 20.1. The second-order valence-corrected chi connectivity index (χ2v) is 11.5. The van der Waals surface area contributed by atoms with Crippen LogP contribution in [0.4, 0.5) is 0 Å². The number of nitrogens with zero attached hydrogens (tertiary/aromatic N) is 3. The Bertz CT molecular complexity index is 1430. The molecule has 1 saturated heterocycles. The molecule has 0 radical (unpaired) electrons. The number of carbonyl (C=O) groups excluding carboxylic acids is 1. The molecular formula is C25H24N4O3S2. The van der Waals surface area contributed by atoms with E-state index in [2.05, 4.69) is 15.3 Å². The van der Waals surface area contributed by atoms with Crippen molar-refractivity contribution in [1.29, 1.82) is 0 Å². The number of aromatic nitrogens is 2. The quantitative estimate of drug-likeness (QED) is 0.429. The maximum absolute atomic E-state index is 13.2. The second-order valence-electron chi connectivity index (χ2n) is 8.16. The van der Waals surface area contributed by atoms with Gasteiger partial charge in [0.2, 0.25) is 0 Å². The van der Waals surface area contributed by atoms with Crippen molar-refractivity contribution in [3.05, 3.63) is 77.3 Å². The van der Waals surface area contributed by atoms with Gasteiger partial charge in [0, 0.05) is 29.5 Å². The van der Waals surface area contributed by atoms with Crippen LogP contribution in [0.5, 0.6) is 0 Å². The topological polar surface area (TPSA) is 92.3 Å². The number of hydrogen-bond acceptors (Lipinski definition) is 6.